The van der Waals surface area contributed by atoms with Gasteiger partial charge in [0, 0.05) is 25.0 Å². The lowest BCUT2D eigenvalue weighted by Crippen LogP contribution is -2.43. The Morgan fingerprint density at radius 1 is 1.43 bits per heavy atom. The van der Waals surface area contributed by atoms with Crippen LogP contribution >= 0.6 is 0 Å². The molecule has 0 unspecified atom stereocenters. The summed E-state index contributed by atoms with van der Waals surface area (Å²) in [6.07, 6.45) is 11.6. The number of ether oxygens (including phenoxy) is 1. The van der Waals surface area contributed by atoms with E-state index < -0.39 is 0 Å². The summed E-state index contributed by atoms with van der Waals surface area (Å²) in [6.45, 7) is 4.92. The van der Waals surface area contributed by atoms with Crippen LogP contribution in [0.4, 0.5) is 0 Å². The van der Waals surface area contributed by atoms with E-state index in [-0.39, 0.29) is 12.3 Å². The molecule has 3 atom stereocenters. The summed E-state index contributed by atoms with van der Waals surface area (Å²) in [7, 11) is 1.70. The van der Waals surface area contributed by atoms with E-state index in [4.69, 9.17) is 4.74 Å². The van der Waals surface area contributed by atoms with E-state index in [1.807, 2.05) is 4.68 Å². The minimum absolute atomic E-state index is 0.110. The van der Waals surface area contributed by atoms with Gasteiger partial charge in [0.15, 0.2) is 6.17 Å². The number of β-amino-alcohol motifs (C(OH)–C–C–N with tert-alkyl or cyclic N) is 1. The molecule has 0 bridgehead atoms. The van der Waals surface area contributed by atoms with Gasteiger partial charge < -0.3 is 20.1 Å². The van der Waals surface area contributed by atoms with Crippen molar-refractivity contribution in [1.82, 2.24) is 14.9 Å². The highest BCUT2D eigenvalue weighted by Gasteiger charge is 2.26. The fourth-order valence-corrected chi connectivity index (χ4v) is 4.16. The van der Waals surface area contributed by atoms with Crippen LogP contribution in [-0.4, -0.2) is 53.9 Å². The Labute approximate surface area is 166 Å². The highest BCUT2D eigenvalue weighted by molar-refractivity contribution is 5.66. The smallest absolute Gasteiger partial charge is 0.163 e. The van der Waals surface area contributed by atoms with Gasteiger partial charge in [-0.25, -0.2) is 4.99 Å². The average Bonchev–Trinajstić information content (AvgIpc) is 3.13. The van der Waals surface area contributed by atoms with Gasteiger partial charge in [0.2, 0.25) is 0 Å². The van der Waals surface area contributed by atoms with Crippen LogP contribution in [-0.2, 0) is 11.2 Å². The van der Waals surface area contributed by atoms with Gasteiger partial charge in [-0.05, 0) is 61.9 Å². The first-order chi connectivity index (χ1) is 13.6. The Morgan fingerprint density at radius 3 is 3.14 bits per heavy atom. The molecule has 1 fully saturated rings. The van der Waals surface area contributed by atoms with Gasteiger partial charge in [-0.15, -0.1) is 0 Å². The molecule has 0 saturated carbocycles. The number of likely N-dealkylation sites (tertiary alicyclic amines) is 1. The van der Waals surface area contributed by atoms with Crippen molar-refractivity contribution in [3.05, 3.63) is 47.1 Å². The molecule has 1 saturated heterocycles. The third kappa shape index (κ3) is 4.10. The van der Waals surface area contributed by atoms with Crippen LogP contribution in [0, 0.1) is 5.92 Å². The van der Waals surface area contributed by atoms with E-state index in [0.29, 0.717) is 5.92 Å². The van der Waals surface area contributed by atoms with Crippen molar-refractivity contribution in [2.24, 2.45) is 10.9 Å². The van der Waals surface area contributed by atoms with Crippen LogP contribution < -0.4 is 10.7 Å². The number of aromatic nitrogens is 1. The Bertz CT molecular complexity index is 782. The highest BCUT2D eigenvalue weighted by atomic mass is 16.5. The summed E-state index contributed by atoms with van der Waals surface area (Å²) < 4.78 is 7.42. The summed E-state index contributed by atoms with van der Waals surface area (Å²) in [5, 5.41) is 13.7. The summed E-state index contributed by atoms with van der Waals surface area (Å²) >= 11 is 0. The largest absolute Gasteiger partial charge is 0.497 e. The molecule has 7 heteroatoms. The number of hydrogen-bond donors (Lipinski definition) is 3. The second kappa shape index (κ2) is 8.41. The zero-order chi connectivity index (χ0) is 19.5. The maximum atomic E-state index is 10.2. The van der Waals surface area contributed by atoms with Crippen LogP contribution in [0.3, 0.4) is 0 Å². The van der Waals surface area contributed by atoms with E-state index in [0.717, 1.165) is 62.5 Å². The minimum Gasteiger partial charge on any atom is -0.497 e. The van der Waals surface area contributed by atoms with E-state index in [1.54, 1.807) is 13.4 Å². The van der Waals surface area contributed by atoms with Crippen LogP contribution in [0.25, 0.3) is 0 Å². The Morgan fingerprint density at radius 2 is 2.32 bits per heavy atom. The van der Waals surface area contributed by atoms with Gasteiger partial charge in [0.25, 0.3) is 0 Å². The molecule has 1 aliphatic carbocycles. The van der Waals surface area contributed by atoms with Crippen LogP contribution in [0.2, 0.25) is 0 Å². The molecule has 4 rings (SSSR count). The molecular weight excluding hydrogens is 354 g/mol. The number of aliphatic imine (C=N–C) groups is 1. The normalized spacial score (nSPS) is 27.5. The van der Waals surface area contributed by atoms with Crippen LogP contribution in [0.15, 0.2) is 40.9 Å². The zero-order valence-electron chi connectivity index (χ0n) is 16.8. The van der Waals surface area contributed by atoms with Gasteiger partial charge in [-0.1, -0.05) is 6.92 Å². The number of fused-ring (bicyclic) bond motifs is 1. The van der Waals surface area contributed by atoms with Gasteiger partial charge in [-0.2, -0.15) is 0 Å². The lowest BCUT2D eigenvalue weighted by Gasteiger charge is -2.34. The molecule has 28 heavy (non-hydrogen) atoms. The number of methoxy groups -OCH3 is 1. The topological polar surface area (TPSA) is 74.0 Å². The molecule has 1 aromatic rings. The first-order valence-corrected chi connectivity index (χ1v) is 10.2. The number of nitrogens with zero attached hydrogens (tertiary/aromatic N) is 3. The van der Waals surface area contributed by atoms with Crippen molar-refractivity contribution in [3.8, 4) is 0 Å². The maximum Gasteiger partial charge on any atom is 0.163 e. The summed E-state index contributed by atoms with van der Waals surface area (Å²) in [4.78, 5) is 7.01. The van der Waals surface area contributed by atoms with Gasteiger partial charge >= 0.3 is 0 Å². The van der Waals surface area contributed by atoms with Crippen molar-refractivity contribution in [1.29, 1.82) is 0 Å². The quantitative estimate of drug-likeness (QED) is 0.699. The lowest BCUT2D eigenvalue weighted by atomic mass is 9.96. The number of piperidine rings is 1. The van der Waals surface area contributed by atoms with Crippen molar-refractivity contribution in [3.63, 3.8) is 0 Å². The molecule has 1 aromatic heterocycles. The number of hydrogen-bond acceptors (Lipinski definition) is 6. The van der Waals surface area contributed by atoms with Gasteiger partial charge in [0.1, 0.15) is 12.1 Å². The SMILES string of the molecule is COC1=CCCC(N[C@H]2N=CNn3ccc(CCN4CC[C@@H](C)[C@H](O)C4)c32)=C1. The molecule has 152 valence electrons. The Kier molecular flexibility index (Phi) is 5.73. The molecule has 3 N–H and O–H groups in total. The highest BCUT2D eigenvalue weighted by Crippen LogP contribution is 2.27. The lowest BCUT2D eigenvalue weighted by molar-refractivity contribution is 0.0297. The van der Waals surface area contributed by atoms with Crippen LogP contribution in [0.5, 0.6) is 0 Å². The molecule has 7 nitrogen and oxygen atoms in total. The molecule has 2 aliphatic heterocycles. The average molecular weight is 386 g/mol. The summed E-state index contributed by atoms with van der Waals surface area (Å²) in [5.74, 6) is 1.31. The number of aliphatic hydroxyl groups is 1. The predicted molar refractivity (Wildman–Crippen MR) is 111 cm³/mol. The standard InChI is InChI=1S/C21H31N5O2/c1-15-6-9-25(13-19(15)27)10-7-16-8-11-26-20(16)21(22-14-23-26)24-17-4-3-5-18(12-17)28-2/h5,8,11-12,14-15,19,21,24,27H,3-4,6-7,9-10,13H2,1-2H3,(H,22,23)/t15-,19-,21-/m1/s1. The monoisotopic (exact) mass is 385 g/mol. The van der Waals surface area contributed by atoms with Crippen LogP contribution in [0.1, 0.15) is 43.6 Å². The first kappa shape index (κ1) is 19.1. The van der Waals surface area contributed by atoms with Crippen molar-refractivity contribution in [2.75, 3.05) is 32.2 Å². The van der Waals surface area contributed by atoms with Gasteiger partial charge in [-0.3, -0.25) is 10.1 Å². The fraction of sp³-hybridized carbons (Fsp3) is 0.571. The second-order valence-electron chi connectivity index (χ2n) is 7.95. The second-order valence-corrected chi connectivity index (χ2v) is 7.95. The van der Waals surface area contributed by atoms with E-state index >= 15 is 0 Å². The number of aliphatic hydroxyl groups excluding tert-OH is 1. The molecule has 0 aromatic carbocycles. The van der Waals surface area contributed by atoms with E-state index in [1.165, 1.54) is 5.56 Å². The van der Waals surface area contributed by atoms with E-state index in [2.05, 4.69) is 52.0 Å². The molecule has 0 radical (unpaired) electrons. The van der Waals surface area contributed by atoms with Crippen molar-refractivity contribution >= 4 is 6.34 Å². The number of nitrogens with one attached hydrogen (secondary N) is 2. The third-order valence-electron chi connectivity index (χ3n) is 6.03. The zero-order valence-corrected chi connectivity index (χ0v) is 16.8. The summed E-state index contributed by atoms with van der Waals surface area (Å²) in [5.41, 5.74) is 6.79. The van der Waals surface area contributed by atoms with Crippen molar-refractivity contribution in [2.45, 2.75) is 44.9 Å². The number of rotatable bonds is 6. The van der Waals surface area contributed by atoms with Crippen molar-refractivity contribution < 1.29 is 9.84 Å². The molecule has 0 amide bonds. The number of allylic oxidation sites excluding steroid dienone is 3. The van der Waals surface area contributed by atoms with E-state index in [9.17, 15) is 5.11 Å². The fourth-order valence-electron chi connectivity index (χ4n) is 4.16. The predicted octanol–water partition coefficient (Wildman–Crippen LogP) is 2.11. The molecular formula is C21H31N5O2. The maximum absolute atomic E-state index is 10.2. The minimum atomic E-state index is -0.210. The third-order valence-corrected chi connectivity index (χ3v) is 6.03. The molecule has 3 heterocycles. The summed E-state index contributed by atoms with van der Waals surface area (Å²) in [6, 6.07) is 2.17. The molecule has 3 aliphatic rings. The Hall–Kier alpha value is -2.25. The molecule has 0 spiro atoms. The first-order valence-electron chi connectivity index (χ1n) is 10.2. The van der Waals surface area contributed by atoms with Gasteiger partial charge in [0.05, 0.1) is 18.9 Å². The Balaban J connectivity index is 1.44.